The molecule has 0 heterocycles. The summed E-state index contributed by atoms with van der Waals surface area (Å²) in [7, 11) is 0. The number of halogens is 2. The zero-order valence-electron chi connectivity index (χ0n) is 9.83. The number of alkyl halides is 2. The molecule has 0 aliphatic carbocycles. The molecule has 1 N–H and O–H groups in total. The molecule has 0 radical (unpaired) electrons. The molecule has 0 amide bonds. The maximum Gasteiger partial charge on any atom is 0.292 e. The van der Waals surface area contributed by atoms with E-state index in [0.29, 0.717) is 0 Å². The number of hydrogen-bond acceptors (Lipinski definition) is 3. The molecule has 0 saturated carbocycles. The number of aryl methyl sites for hydroxylation is 2. The number of nitrogens with one attached hydrogen (secondary N) is 1. The second kappa shape index (κ2) is 5.07. The highest BCUT2D eigenvalue weighted by Crippen LogP contribution is 2.29. The third-order valence-corrected chi connectivity index (χ3v) is 2.57. The van der Waals surface area contributed by atoms with Crippen LogP contribution in [0.1, 0.15) is 18.1 Å². The highest BCUT2D eigenvalue weighted by molar-refractivity contribution is 5.64. The molecule has 1 aromatic carbocycles. The summed E-state index contributed by atoms with van der Waals surface area (Å²) in [6.45, 7) is 4.80. The van der Waals surface area contributed by atoms with Gasteiger partial charge in [-0.1, -0.05) is 0 Å². The van der Waals surface area contributed by atoms with Gasteiger partial charge in [0.1, 0.15) is 5.69 Å². The lowest BCUT2D eigenvalue weighted by atomic mass is 10.1. The van der Waals surface area contributed by atoms with Crippen molar-refractivity contribution in [3.8, 4) is 0 Å². The summed E-state index contributed by atoms with van der Waals surface area (Å²) in [4.78, 5) is 10.2. The molecular formula is C11H14F2N2O2. The van der Waals surface area contributed by atoms with Gasteiger partial charge in [0.2, 0.25) is 0 Å². The summed E-state index contributed by atoms with van der Waals surface area (Å²) in [6, 6.07) is 1.78. The van der Waals surface area contributed by atoms with Crippen LogP contribution in [0.15, 0.2) is 12.1 Å². The second-order valence-electron chi connectivity index (χ2n) is 3.98. The third-order valence-electron chi connectivity index (χ3n) is 2.57. The van der Waals surface area contributed by atoms with E-state index in [-0.39, 0.29) is 11.4 Å². The number of hydrogen-bond donors (Lipinski definition) is 1. The third kappa shape index (κ3) is 3.12. The van der Waals surface area contributed by atoms with Crippen molar-refractivity contribution in [1.82, 2.24) is 0 Å². The van der Waals surface area contributed by atoms with E-state index in [1.54, 1.807) is 13.8 Å². The van der Waals surface area contributed by atoms with E-state index in [1.165, 1.54) is 19.1 Å². The molecule has 0 aromatic heterocycles. The molecule has 1 aromatic rings. The van der Waals surface area contributed by atoms with Gasteiger partial charge >= 0.3 is 0 Å². The van der Waals surface area contributed by atoms with Crippen molar-refractivity contribution in [2.24, 2.45) is 0 Å². The van der Waals surface area contributed by atoms with Crippen molar-refractivity contribution in [1.29, 1.82) is 0 Å². The van der Waals surface area contributed by atoms with E-state index >= 15 is 0 Å². The number of nitro groups is 1. The van der Waals surface area contributed by atoms with Crippen molar-refractivity contribution in [3.05, 3.63) is 33.4 Å². The summed E-state index contributed by atoms with van der Waals surface area (Å²) in [5.41, 5.74) is 1.53. The second-order valence-corrected chi connectivity index (χ2v) is 3.98. The molecule has 6 heteroatoms. The molecule has 1 rings (SSSR count). The zero-order valence-corrected chi connectivity index (χ0v) is 9.83. The molecule has 0 spiro atoms. The lowest BCUT2D eigenvalue weighted by Crippen LogP contribution is -2.24. The van der Waals surface area contributed by atoms with Crippen LogP contribution in [0.2, 0.25) is 0 Å². The maximum absolute atomic E-state index is 12.4. The van der Waals surface area contributed by atoms with Crippen molar-refractivity contribution < 1.29 is 13.7 Å². The normalized spacial score (nSPS) is 12.6. The van der Waals surface area contributed by atoms with Crippen LogP contribution in [0.4, 0.5) is 20.2 Å². The predicted molar refractivity (Wildman–Crippen MR) is 61.7 cm³/mol. The Bertz CT molecular complexity index is 436. The highest BCUT2D eigenvalue weighted by Gasteiger charge is 2.20. The van der Waals surface area contributed by atoms with Crippen LogP contribution < -0.4 is 5.32 Å². The van der Waals surface area contributed by atoms with E-state index in [2.05, 4.69) is 5.32 Å². The van der Waals surface area contributed by atoms with Gasteiger partial charge in [0.05, 0.1) is 11.0 Å². The Kier molecular flexibility index (Phi) is 3.98. The first-order chi connectivity index (χ1) is 7.82. The number of anilines is 1. The van der Waals surface area contributed by atoms with Crippen LogP contribution >= 0.6 is 0 Å². The molecule has 1 atom stereocenters. The molecule has 0 saturated heterocycles. The van der Waals surface area contributed by atoms with Crippen LogP contribution in [0.3, 0.4) is 0 Å². The Morgan fingerprint density at radius 3 is 2.29 bits per heavy atom. The fraction of sp³-hybridized carbons (Fsp3) is 0.455. The first-order valence-electron chi connectivity index (χ1n) is 5.13. The van der Waals surface area contributed by atoms with Gasteiger partial charge in [-0.15, -0.1) is 0 Å². The predicted octanol–water partition coefficient (Wildman–Crippen LogP) is 3.28. The molecule has 0 bridgehead atoms. The van der Waals surface area contributed by atoms with Gasteiger partial charge in [0, 0.05) is 6.07 Å². The Morgan fingerprint density at radius 1 is 1.29 bits per heavy atom. The molecule has 0 aliphatic heterocycles. The molecule has 17 heavy (non-hydrogen) atoms. The van der Waals surface area contributed by atoms with Gasteiger partial charge in [0.15, 0.2) is 0 Å². The van der Waals surface area contributed by atoms with Crippen LogP contribution in [-0.2, 0) is 0 Å². The Balaban J connectivity index is 3.13. The van der Waals surface area contributed by atoms with E-state index in [4.69, 9.17) is 0 Å². The van der Waals surface area contributed by atoms with Gasteiger partial charge in [-0.2, -0.15) is 0 Å². The van der Waals surface area contributed by atoms with Crippen LogP contribution in [0.5, 0.6) is 0 Å². The van der Waals surface area contributed by atoms with E-state index in [9.17, 15) is 18.9 Å². The number of rotatable bonds is 4. The molecule has 0 fully saturated rings. The zero-order chi connectivity index (χ0) is 13.2. The van der Waals surface area contributed by atoms with Crippen molar-refractivity contribution >= 4 is 11.4 Å². The first kappa shape index (κ1) is 13.3. The van der Waals surface area contributed by atoms with Gasteiger partial charge < -0.3 is 5.32 Å². The van der Waals surface area contributed by atoms with E-state index in [1.807, 2.05) is 0 Å². The van der Waals surface area contributed by atoms with Crippen molar-refractivity contribution in [2.45, 2.75) is 33.2 Å². The largest absolute Gasteiger partial charge is 0.371 e. The molecule has 4 nitrogen and oxygen atoms in total. The average molecular weight is 244 g/mol. The Labute approximate surface area is 97.8 Å². The topological polar surface area (TPSA) is 55.2 Å². The van der Waals surface area contributed by atoms with E-state index in [0.717, 1.165) is 11.1 Å². The van der Waals surface area contributed by atoms with Gasteiger partial charge in [-0.05, 0) is 38.0 Å². The minimum absolute atomic E-state index is 0.130. The minimum atomic E-state index is -2.57. The van der Waals surface area contributed by atoms with Crippen molar-refractivity contribution in [3.63, 3.8) is 0 Å². The number of benzene rings is 1. The summed E-state index contributed by atoms with van der Waals surface area (Å²) in [5.74, 6) is 0. The van der Waals surface area contributed by atoms with Gasteiger partial charge in [0.25, 0.3) is 12.1 Å². The standard InChI is InChI=1S/C11H14F2N2O2/c1-6-4-9(14-8(3)11(12)13)10(15(16)17)5-7(6)2/h4-5,8,11,14H,1-3H3. The van der Waals surface area contributed by atoms with Crippen molar-refractivity contribution in [2.75, 3.05) is 5.32 Å². The summed E-state index contributed by atoms with van der Waals surface area (Å²) >= 11 is 0. The molecule has 94 valence electrons. The fourth-order valence-electron chi connectivity index (χ4n) is 1.38. The summed E-state index contributed by atoms with van der Waals surface area (Å²) in [6.07, 6.45) is -2.57. The van der Waals surface area contributed by atoms with Crippen LogP contribution in [-0.4, -0.2) is 17.4 Å². The summed E-state index contributed by atoms with van der Waals surface area (Å²) in [5, 5.41) is 13.3. The van der Waals surface area contributed by atoms with Crippen LogP contribution in [0, 0.1) is 24.0 Å². The summed E-state index contributed by atoms with van der Waals surface area (Å²) < 4.78 is 24.8. The lowest BCUT2D eigenvalue weighted by Gasteiger charge is -2.15. The molecular weight excluding hydrogens is 230 g/mol. The average Bonchev–Trinajstić information content (AvgIpc) is 2.22. The monoisotopic (exact) mass is 244 g/mol. The Hall–Kier alpha value is -1.72. The number of nitrogens with zero attached hydrogens (tertiary/aromatic N) is 1. The smallest absolute Gasteiger partial charge is 0.292 e. The Morgan fingerprint density at radius 2 is 1.82 bits per heavy atom. The maximum atomic E-state index is 12.4. The first-order valence-corrected chi connectivity index (χ1v) is 5.13. The van der Waals surface area contributed by atoms with Gasteiger partial charge in [-0.3, -0.25) is 10.1 Å². The van der Waals surface area contributed by atoms with Crippen LogP contribution in [0.25, 0.3) is 0 Å². The molecule has 1 unspecified atom stereocenters. The molecule has 0 aliphatic rings. The SMILES string of the molecule is Cc1cc(NC(C)C(F)F)c([N+](=O)[O-])cc1C. The van der Waals surface area contributed by atoms with E-state index < -0.39 is 17.4 Å². The van der Waals surface area contributed by atoms with Gasteiger partial charge in [-0.25, -0.2) is 8.78 Å². The number of nitro benzene ring substituents is 1. The highest BCUT2D eigenvalue weighted by atomic mass is 19.3. The fourth-order valence-corrected chi connectivity index (χ4v) is 1.38. The quantitative estimate of drug-likeness (QED) is 0.653. The lowest BCUT2D eigenvalue weighted by molar-refractivity contribution is -0.384. The minimum Gasteiger partial charge on any atom is -0.371 e.